The number of phosphoric acid groups is 1. The fourth-order valence-electron chi connectivity index (χ4n) is 0. The molecule has 8 heavy (non-hydrogen) atoms. The molecule has 0 saturated heterocycles. The maximum absolute atomic E-state index is 9.50. The molecule has 49 valence electrons. The fraction of sp³-hybridized carbons (Fsp3) is 0. The van der Waals surface area contributed by atoms with Crippen LogP contribution in [0.1, 0.15) is 0 Å². The van der Waals surface area contributed by atoms with Gasteiger partial charge in [0, 0.05) is 16.8 Å². The molecule has 0 saturated carbocycles. The summed E-state index contributed by atoms with van der Waals surface area (Å²) in [6.07, 6.45) is 0. The first-order valence-electron chi connectivity index (χ1n) is 1.16. The third-order valence-corrected chi connectivity index (χ3v) is 0. The van der Waals surface area contributed by atoms with Crippen molar-refractivity contribution in [2.24, 2.45) is 0 Å². The zero-order valence-electron chi connectivity index (χ0n) is 3.91. The molecule has 4 nitrogen and oxygen atoms in total. The van der Waals surface area contributed by atoms with Gasteiger partial charge in [0.2, 0.25) is 0 Å². The Morgan fingerprint density at radius 3 is 1.25 bits per heavy atom. The second-order valence-electron chi connectivity index (χ2n) is 0.513. The van der Waals surface area contributed by atoms with Crippen LogP contribution in [-0.2, 0) is 21.3 Å². The molecule has 0 aliphatic rings. The fourth-order valence-corrected chi connectivity index (χ4v) is 0. The van der Waals surface area contributed by atoms with E-state index in [-0.39, 0.29) is 16.8 Å². The van der Waals surface area contributed by atoms with Crippen LogP contribution in [0.15, 0.2) is 0 Å². The normalized spacial score (nSPS) is 8.25. The van der Waals surface area contributed by atoms with Crippen LogP contribution < -0.4 is 0 Å². The summed E-state index contributed by atoms with van der Waals surface area (Å²) in [5.41, 5.74) is 0. The van der Waals surface area contributed by atoms with Gasteiger partial charge in [-0.15, -0.1) is 0 Å². The van der Waals surface area contributed by atoms with Crippen molar-refractivity contribution in [2.45, 2.75) is 0 Å². The second-order valence-corrected chi connectivity index (χ2v) is 1.54. The van der Waals surface area contributed by atoms with Crippen LogP contribution in [0, 0.1) is 0 Å². The zero-order valence-corrected chi connectivity index (χ0v) is 5.84. The zero-order chi connectivity index (χ0) is 6.50. The number of halogens is 1. The van der Waals surface area contributed by atoms with Gasteiger partial charge in [-0.2, -0.15) is 0 Å². The van der Waals surface area contributed by atoms with Crippen LogP contribution >= 0.6 is 7.82 Å². The SMILES string of the molecule is O=P(O)(O)O.[Co].[Li][F]. The molecular weight excluding hydrogens is 180 g/mol. The minimum absolute atomic E-state index is 0. The van der Waals surface area contributed by atoms with E-state index >= 15 is 0 Å². The Kier molecular flexibility index (Phi) is 16.4. The summed E-state index contributed by atoms with van der Waals surface area (Å²) in [4.78, 5) is 21.6. The van der Waals surface area contributed by atoms with Gasteiger partial charge in [-0.3, -0.25) is 0 Å². The molecule has 0 aromatic heterocycles. The van der Waals surface area contributed by atoms with Crippen LogP contribution in [0.4, 0.5) is 3.38 Å². The first-order valence-corrected chi connectivity index (χ1v) is 2.73. The Morgan fingerprint density at radius 2 is 1.25 bits per heavy atom. The molecule has 0 aliphatic heterocycles. The van der Waals surface area contributed by atoms with Gasteiger partial charge < -0.3 is 14.7 Å². The van der Waals surface area contributed by atoms with Gasteiger partial charge in [-0.05, 0) is 0 Å². The molecule has 0 aromatic rings. The molecule has 0 spiro atoms. The van der Waals surface area contributed by atoms with Crippen molar-refractivity contribution < 1.29 is 39.4 Å². The van der Waals surface area contributed by atoms with E-state index in [1.54, 1.807) is 0 Å². The first kappa shape index (κ1) is 16.1. The van der Waals surface area contributed by atoms with Gasteiger partial charge in [-0.25, -0.2) is 4.57 Å². The molecule has 1 radical (unpaired) electrons. The van der Waals surface area contributed by atoms with Crippen molar-refractivity contribution in [3.05, 3.63) is 0 Å². The number of rotatable bonds is 0. The minimum atomic E-state index is -4.64. The summed E-state index contributed by atoms with van der Waals surface area (Å²) >= 11 is 0.500. The van der Waals surface area contributed by atoms with Crippen LogP contribution in [0.2, 0.25) is 0 Å². The molecule has 0 aromatic carbocycles. The van der Waals surface area contributed by atoms with E-state index in [1.165, 1.54) is 0 Å². The molecule has 0 amide bonds. The standard InChI is InChI=1S/Co.FH.Li.H3O4P/c;;;1-5(2,3)4/h;1H;;(H3,1,2,3,4)/q;;+1;/p-1. The molecule has 0 bridgehead atoms. The van der Waals surface area contributed by atoms with Gasteiger partial charge in [0.05, 0.1) is 0 Å². The van der Waals surface area contributed by atoms with Gasteiger partial charge in [0.1, 0.15) is 0 Å². The van der Waals surface area contributed by atoms with Crippen LogP contribution in [-0.4, -0.2) is 32.9 Å². The van der Waals surface area contributed by atoms with Crippen molar-refractivity contribution in [1.82, 2.24) is 0 Å². The molecule has 0 atom stereocenters. The van der Waals surface area contributed by atoms with Crippen molar-refractivity contribution >= 4 is 26.0 Å². The molecule has 8 heteroatoms. The van der Waals surface area contributed by atoms with Gasteiger partial charge in [0.25, 0.3) is 0 Å². The number of hydrogen-bond donors (Lipinski definition) is 3. The number of hydrogen-bond acceptors (Lipinski definition) is 1. The monoisotopic (exact) mass is 183 g/mol. The molecule has 0 unspecified atom stereocenters. The second kappa shape index (κ2) is 8.14. The topological polar surface area (TPSA) is 77.8 Å². The van der Waals surface area contributed by atoms with Crippen LogP contribution in [0.25, 0.3) is 0 Å². The Hall–Kier alpha value is 1.14. The van der Waals surface area contributed by atoms with E-state index < -0.39 is 7.82 Å². The van der Waals surface area contributed by atoms with Crippen LogP contribution in [0.3, 0.4) is 0 Å². The Balaban J connectivity index is -0.0000000750. The van der Waals surface area contributed by atoms with E-state index in [0.29, 0.717) is 18.2 Å². The third-order valence-electron chi connectivity index (χ3n) is 0. The molecule has 0 heterocycles. The third kappa shape index (κ3) is 206. The van der Waals surface area contributed by atoms with E-state index in [1.807, 2.05) is 0 Å². The van der Waals surface area contributed by atoms with Crippen molar-refractivity contribution in [3.8, 4) is 0 Å². The van der Waals surface area contributed by atoms with E-state index in [9.17, 15) is 3.38 Å². The summed E-state index contributed by atoms with van der Waals surface area (Å²) in [6, 6.07) is 0. The average molecular weight is 183 g/mol. The molecule has 3 N–H and O–H groups in total. The quantitative estimate of drug-likeness (QED) is 0.336. The average Bonchev–Trinajstić information content (AvgIpc) is 1.36. The summed E-state index contributed by atoms with van der Waals surface area (Å²) in [6.45, 7) is 0. The molecular formula is H3CoFLiO4P. The van der Waals surface area contributed by atoms with Crippen molar-refractivity contribution in [2.75, 3.05) is 0 Å². The molecule has 0 fully saturated rings. The summed E-state index contributed by atoms with van der Waals surface area (Å²) in [5.74, 6) is 0. The summed E-state index contributed by atoms with van der Waals surface area (Å²) < 4.78 is 18.4. The summed E-state index contributed by atoms with van der Waals surface area (Å²) in [7, 11) is -4.64. The predicted molar refractivity (Wildman–Crippen MR) is 21.1 cm³/mol. The maximum atomic E-state index is 9.50. The molecule has 0 aliphatic carbocycles. The van der Waals surface area contributed by atoms with Gasteiger partial charge >= 0.3 is 29.4 Å². The molecule has 0 rings (SSSR count). The van der Waals surface area contributed by atoms with E-state index in [0.717, 1.165) is 0 Å². The first-order chi connectivity index (χ1) is 3.00. The Labute approximate surface area is 65.7 Å². The van der Waals surface area contributed by atoms with E-state index in [2.05, 4.69) is 0 Å². The van der Waals surface area contributed by atoms with Gasteiger partial charge in [-0.1, -0.05) is 0 Å². The van der Waals surface area contributed by atoms with Crippen LogP contribution in [0.5, 0.6) is 0 Å². The van der Waals surface area contributed by atoms with Gasteiger partial charge in [0.15, 0.2) is 0 Å². The van der Waals surface area contributed by atoms with E-state index in [4.69, 9.17) is 19.2 Å². The van der Waals surface area contributed by atoms with Crippen molar-refractivity contribution in [1.29, 1.82) is 0 Å². The Bertz CT molecular complexity index is 62.2. The Morgan fingerprint density at radius 1 is 1.25 bits per heavy atom. The van der Waals surface area contributed by atoms with Crippen molar-refractivity contribution in [3.63, 3.8) is 0 Å². The summed E-state index contributed by atoms with van der Waals surface area (Å²) in [5, 5.41) is 0. The predicted octanol–water partition coefficient (Wildman–Crippen LogP) is -0.892.